The van der Waals surface area contributed by atoms with Crippen LogP contribution in [0.1, 0.15) is 38.1 Å². The first-order valence-corrected chi connectivity index (χ1v) is 12.1. The van der Waals surface area contributed by atoms with Crippen LogP contribution < -0.4 is 4.90 Å². The second-order valence-corrected chi connectivity index (χ2v) is 9.22. The van der Waals surface area contributed by atoms with E-state index in [1.807, 2.05) is 24.3 Å². The number of fused-ring (bicyclic) bond motifs is 1. The zero-order valence-corrected chi connectivity index (χ0v) is 19.5. The lowest BCUT2D eigenvalue weighted by molar-refractivity contribution is -0.144. The van der Waals surface area contributed by atoms with Crippen LogP contribution in [0.15, 0.2) is 41.3 Å². The molecule has 1 aromatic heterocycles. The van der Waals surface area contributed by atoms with Gasteiger partial charge in [0.15, 0.2) is 0 Å². The maximum atomic E-state index is 14.1. The van der Waals surface area contributed by atoms with Crippen LogP contribution in [0.2, 0.25) is 0 Å². The van der Waals surface area contributed by atoms with E-state index in [9.17, 15) is 18.4 Å². The Hall–Kier alpha value is -2.52. The van der Waals surface area contributed by atoms with E-state index < -0.39 is 17.6 Å². The van der Waals surface area contributed by atoms with Crippen LogP contribution in [-0.4, -0.2) is 29.2 Å². The van der Waals surface area contributed by atoms with Crippen LogP contribution in [0, 0.1) is 11.6 Å². The molecule has 0 aliphatic carbocycles. The molecular formula is C23H24F2N2O3S2. The molecule has 0 atom stereocenters. The van der Waals surface area contributed by atoms with Gasteiger partial charge in [-0.25, -0.2) is 13.8 Å². The van der Waals surface area contributed by atoms with E-state index in [2.05, 4.69) is 11.9 Å². The van der Waals surface area contributed by atoms with Crippen molar-refractivity contribution in [1.29, 1.82) is 0 Å². The molecule has 0 fully saturated rings. The number of hydrogen-bond donors (Lipinski definition) is 0. The summed E-state index contributed by atoms with van der Waals surface area (Å²) in [4.78, 5) is 31.6. The summed E-state index contributed by atoms with van der Waals surface area (Å²) in [7, 11) is 0. The highest BCUT2D eigenvalue weighted by molar-refractivity contribution is 7.99. The van der Waals surface area contributed by atoms with Crippen molar-refractivity contribution in [2.45, 2.75) is 44.6 Å². The number of carbonyl (C=O) groups excluding carboxylic acids is 2. The number of rotatable bonds is 10. The van der Waals surface area contributed by atoms with Gasteiger partial charge < -0.3 is 9.64 Å². The number of aromatic nitrogens is 1. The van der Waals surface area contributed by atoms with Gasteiger partial charge in [0.1, 0.15) is 16.6 Å². The van der Waals surface area contributed by atoms with Crippen LogP contribution in [-0.2, 0) is 20.9 Å². The third-order valence-electron chi connectivity index (χ3n) is 4.52. The normalized spacial score (nSPS) is 11.0. The highest BCUT2D eigenvalue weighted by Crippen LogP contribution is 2.29. The number of nitrogens with zero attached hydrogens (tertiary/aromatic N) is 2. The first-order chi connectivity index (χ1) is 15.4. The minimum absolute atomic E-state index is 0.0287. The molecule has 0 aliphatic heterocycles. The monoisotopic (exact) mass is 478 g/mol. The number of hydrogen-bond acceptors (Lipinski definition) is 6. The fraction of sp³-hybridized carbons (Fsp3) is 0.348. The number of thioether (sulfide) groups is 1. The van der Waals surface area contributed by atoms with Gasteiger partial charge in [-0.05, 0) is 43.4 Å². The predicted octanol–water partition coefficient (Wildman–Crippen LogP) is 5.95. The quantitative estimate of drug-likeness (QED) is 0.266. The Balaban J connectivity index is 1.85. The molecule has 3 rings (SSSR count). The standard InChI is InChI=1S/C23H24F2N2O3S2/c1-3-11-31-17-7-5-16(6-8-17)27(21(28)9-10-22(29)30-4-2)14-20-26-19-13-15(24)12-18(25)23(19)32-20/h5-8,12-13H,3-4,9-11,14H2,1-2H3. The Morgan fingerprint density at radius 1 is 1.12 bits per heavy atom. The van der Waals surface area contributed by atoms with Gasteiger partial charge in [0, 0.05) is 29.1 Å². The Kier molecular flexibility index (Phi) is 8.58. The zero-order chi connectivity index (χ0) is 23.1. The maximum absolute atomic E-state index is 14.1. The summed E-state index contributed by atoms with van der Waals surface area (Å²) < 4.78 is 32.8. The molecule has 170 valence electrons. The van der Waals surface area contributed by atoms with Crippen LogP contribution in [0.3, 0.4) is 0 Å². The van der Waals surface area contributed by atoms with E-state index >= 15 is 0 Å². The second kappa shape index (κ2) is 11.4. The fourth-order valence-electron chi connectivity index (χ4n) is 3.05. The average molecular weight is 479 g/mol. The zero-order valence-electron chi connectivity index (χ0n) is 17.9. The first kappa shape index (κ1) is 24.1. The smallest absolute Gasteiger partial charge is 0.306 e. The van der Waals surface area contributed by atoms with Gasteiger partial charge >= 0.3 is 5.97 Å². The summed E-state index contributed by atoms with van der Waals surface area (Å²) >= 11 is 2.80. The number of esters is 1. The number of benzene rings is 2. The molecule has 1 amide bonds. The van der Waals surface area contributed by atoms with E-state index in [0.29, 0.717) is 10.7 Å². The molecule has 0 radical (unpaired) electrons. The third kappa shape index (κ3) is 6.26. The number of amides is 1. The molecule has 0 aliphatic rings. The topological polar surface area (TPSA) is 59.5 Å². The summed E-state index contributed by atoms with van der Waals surface area (Å²) in [6.07, 6.45) is 0.992. The van der Waals surface area contributed by atoms with Crippen molar-refractivity contribution in [3.63, 3.8) is 0 Å². The molecule has 5 nitrogen and oxygen atoms in total. The lowest BCUT2D eigenvalue weighted by Crippen LogP contribution is -2.30. The second-order valence-electron chi connectivity index (χ2n) is 6.97. The number of ether oxygens (including phenoxy) is 1. The minimum Gasteiger partial charge on any atom is -0.466 e. The van der Waals surface area contributed by atoms with E-state index in [1.165, 1.54) is 11.0 Å². The van der Waals surface area contributed by atoms with Crippen LogP contribution in [0.25, 0.3) is 10.2 Å². The van der Waals surface area contributed by atoms with Crippen molar-refractivity contribution in [3.8, 4) is 0 Å². The van der Waals surface area contributed by atoms with Crippen molar-refractivity contribution in [1.82, 2.24) is 4.98 Å². The Bertz CT molecular complexity index is 1090. The molecule has 2 aromatic carbocycles. The van der Waals surface area contributed by atoms with E-state index in [4.69, 9.17) is 4.74 Å². The molecule has 0 saturated heterocycles. The summed E-state index contributed by atoms with van der Waals surface area (Å²) in [6.45, 7) is 4.15. The van der Waals surface area contributed by atoms with Gasteiger partial charge in [-0.2, -0.15) is 0 Å². The molecule has 9 heteroatoms. The van der Waals surface area contributed by atoms with Gasteiger partial charge in [-0.3, -0.25) is 9.59 Å². The molecule has 0 saturated carbocycles. The Labute approximate surface area is 193 Å². The molecule has 0 unspecified atom stereocenters. The highest BCUT2D eigenvalue weighted by Gasteiger charge is 2.21. The summed E-state index contributed by atoms with van der Waals surface area (Å²) in [5.41, 5.74) is 0.860. The van der Waals surface area contributed by atoms with Crippen molar-refractivity contribution in [3.05, 3.63) is 53.0 Å². The first-order valence-electron chi connectivity index (χ1n) is 10.3. The van der Waals surface area contributed by atoms with E-state index in [1.54, 1.807) is 18.7 Å². The minimum atomic E-state index is -0.700. The maximum Gasteiger partial charge on any atom is 0.306 e. The van der Waals surface area contributed by atoms with Gasteiger partial charge in [0.25, 0.3) is 0 Å². The molecular weight excluding hydrogens is 454 g/mol. The molecule has 1 heterocycles. The summed E-state index contributed by atoms with van der Waals surface area (Å²) in [6, 6.07) is 9.55. The van der Waals surface area contributed by atoms with Gasteiger partial charge in [0.2, 0.25) is 5.91 Å². The Morgan fingerprint density at radius 2 is 1.88 bits per heavy atom. The predicted molar refractivity (Wildman–Crippen MR) is 124 cm³/mol. The van der Waals surface area contributed by atoms with Gasteiger partial charge in [0.05, 0.1) is 29.8 Å². The van der Waals surface area contributed by atoms with Crippen LogP contribution >= 0.6 is 23.1 Å². The molecule has 32 heavy (non-hydrogen) atoms. The lowest BCUT2D eigenvalue weighted by atomic mass is 10.2. The SMILES string of the molecule is CCCSc1ccc(N(Cc2nc3cc(F)cc(F)c3s2)C(=O)CCC(=O)OCC)cc1. The lowest BCUT2D eigenvalue weighted by Gasteiger charge is -2.22. The van der Waals surface area contributed by atoms with Gasteiger partial charge in [-0.15, -0.1) is 23.1 Å². The average Bonchev–Trinajstić information content (AvgIpc) is 3.18. The molecule has 0 bridgehead atoms. The fourth-order valence-corrected chi connectivity index (χ4v) is 4.76. The van der Waals surface area contributed by atoms with Gasteiger partial charge in [-0.1, -0.05) is 6.92 Å². The largest absolute Gasteiger partial charge is 0.466 e. The summed E-state index contributed by atoms with van der Waals surface area (Å²) in [5.74, 6) is -1.10. The van der Waals surface area contributed by atoms with Crippen molar-refractivity contribution in [2.24, 2.45) is 0 Å². The molecule has 0 N–H and O–H groups in total. The van der Waals surface area contributed by atoms with Crippen LogP contribution in [0.4, 0.5) is 14.5 Å². The van der Waals surface area contributed by atoms with E-state index in [-0.39, 0.29) is 42.1 Å². The number of halogens is 2. The highest BCUT2D eigenvalue weighted by atomic mass is 32.2. The summed E-state index contributed by atoms with van der Waals surface area (Å²) in [5, 5.41) is 0.471. The van der Waals surface area contributed by atoms with Crippen molar-refractivity contribution >= 4 is 50.9 Å². The van der Waals surface area contributed by atoms with E-state index in [0.717, 1.165) is 34.5 Å². The van der Waals surface area contributed by atoms with Crippen molar-refractivity contribution < 1.29 is 23.1 Å². The third-order valence-corrected chi connectivity index (χ3v) is 6.80. The number of carbonyl (C=O) groups is 2. The number of thiazole rings is 1. The Morgan fingerprint density at radius 3 is 2.56 bits per heavy atom. The molecule has 0 spiro atoms. The number of anilines is 1. The molecule has 3 aromatic rings. The van der Waals surface area contributed by atoms with Crippen LogP contribution in [0.5, 0.6) is 0 Å². The van der Waals surface area contributed by atoms with Crippen molar-refractivity contribution in [2.75, 3.05) is 17.3 Å².